The molecule has 0 aliphatic rings. The van der Waals surface area contributed by atoms with E-state index < -0.39 is 5.97 Å². The average molecular weight is 252 g/mol. The molecule has 0 fully saturated rings. The fraction of sp³-hybridized carbons (Fsp3) is 0.538. The van der Waals surface area contributed by atoms with E-state index in [-0.39, 0.29) is 11.2 Å². The molecule has 0 spiro atoms. The number of hydrogen-bond donors (Lipinski definition) is 2. The number of hydrogen-bond acceptors (Lipinski definition) is 4. The van der Waals surface area contributed by atoms with Crippen LogP contribution in [-0.4, -0.2) is 34.8 Å². The Labute approximate surface area is 107 Å². The number of carbonyl (C=O) groups is 1. The van der Waals surface area contributed by atoms with E-state index in [2.05, 4.69) is 10.3 Å². The van der Waals surface area contributed by atoms with Crippen molar-refractivity contribution < 1.29 is 14.6 Å². The monoisotopic (exact) mass is 252 g/mol. The van der Waals surface area contributed by atoms with E-state index in [0.29, 0.717) is 25.4 Å². The Hall–Kier alpha value is -1.46. The molecule has 0 aromatic carbocycles. The van der Waals surface area contributed by atoms with Gasteiger partial charge in [0, 0.05) is 25.9 Å². The SMILES string of the molecule is CCOC(C)(C)CNCc1ncccc1C(=O)O. The molecule has 2 N–H and O–H groups in total. The first-order chi connectivity index (χ1) is 8.46. The molecule has 1 aromatic heterocycles. The van der Waals surface area contributed by atoms with Crippen LogP contribution in [0.3, 0.4) is 0 Å². The molecule has 1 aromatic rings. The number of pyridine rings is 1. The summed E-state index contributed by atoms with van der Waals surface area (Å²) in [5, 5.41) is 12.2. The highest BCUT2D eigenvalue weighted by Crippen LogP contribution is 2.09. The van der Waals surface area contributed by atoms with E-state index >= 15 is 0 Å². The smallest absolute Gasteiger partial charge is 0.337 e. The number of nitrogens with zero attached hydrogens (tertiary/aromatic N) is 1. The largest absolute Gasteiger partial charge is 0.478 e. The van der Waals surface area contributed by atoms with Gasteiger partial charge in [-0.05, 0) is 32.9 Å². The van der Waals surface area contributed by atoms with Gasteiger partial charge in [-0.3, -0.25) is 4.98 Å². The highest BCUT2D eigenvalue weighted by Gasteiger charge is 2.17. The van der Waals surface area contributed by atoms with Crippen molar-refractivity contribution in [1.29, 1.82) is 0 Å². The topological polar surface area (TPSA) is 71.5 Å². The molecule has 100 valence electrons. The van der Waals surface area contributed by atoms with Gasteiger partial charge in [0.25, 0.3) is 0 Å². The fourth-order valence-electron chi connectivity index (χ4n) is 1.70. The maximum absolute atomic E-state index is 11.0. The minimum atomic E-state index is -0.955. The van der Waals surface area contributed by atoms with E-state index in [1.165, 1.54) is 0 Å². The first-order valence-corrected chi connectivity index (χ1v) is 5.98. The summed E-state index contributed by atoms with van der Waals surface area (Å²) < 4.78 is 5.55. The molecule has 5 heteroatoms. The molecule has 1 heterocycles. The summed E-state index contributed by atoms with van der Waals surface area (Å²) in [5.41, 5.74) is 0.504. The van der Waals surface area contributed by atoms with Crippen LogP contribution in [0.15, 0.2) is 18.3 Å². The number of ether oxygens (including phenoxy) is 1. The van der Waals surface area contributed by atoms with Crippen LogP contribution in [0, 0.1) is 0 Å². The summed E-state index contributed by atoms with van der Waals surface area (Å²) in [6, 6.07) is 3.18. The van der Waals surface area contributed by atoms with Gasteiger partial charge >= 0.3 is 5.97 Å². The lowest BCUT2D eigenvalue weighted by atomic mass is 10.1. The zero-order valence-electron chi connectivity index (χ0n) is 11.1. The van der Waals surface area contributed by atoms with Crippen LogP contribution < -0.4 is 5.32 Å². The highest BCUT2D eigenvalue weighted by atomic mass is 16.5. The minimum Gasteiger partial charge on any atom is -0.478 e. The van der Waals surface area contributed by atoms with Crippen LogP contribution in [0.2, 0.25) is 0 Å². The molecule has 0 aliphatic carbocycles. The van der Waals surface area contributed by atoms with Crippen molar-refractivity contribution in [2.24, 2.45) is 0 Å². The minimum absolute atomic E-state index is 0.235. The summed E-state index contributed by atoms with van der Waals surface area (Å²) in [6.45, 7) is 7.62. The Morgan fingerprint density at radius 3 is 2.89 bits per heavy atom. The van der Waals surface area contributed by atoms with Crippen LogP contribution in [0.25, 0.3) is 0 Å². The third-order valence-corrected chi connectivity index (χ3v) is 2.50. The molecular weight excluding hydrogens is 232 g/mol. The Kier molecular flexibility index (Phi) is 5.25. The van der Waals surface area contributed by atoms with E-state index in [1.54, 1.807) is 18.3 Å². The number of carboxylic acids is 1. The third-order valence-electron chi connectivity index (χ3n) is 2.50. The van der Waals surface area contributed by atoms with Gasteiger partial charge in [-0.1, -0.05) is 0 Å². The number of nitrogens with one attached hydrogen (secondary N) is 1. The molecule has 0 atom stereocenters. The van der Waals surface area contributed by atoms with E-state index in [1.807, 2.05) is 20.8 Å². The second kappa shape index (κ2) is 6.47. The Morgan fingerprint density at radius 1 is 1.56 bits per heavy atom. The van der Waals surface area contributed by atoms with Gasteiger partial charge in [0.15, 0.2) is 0 Å². The molecule has 0 saturated heterocycles. The summed E-state index contributed by atoms with van der Waals surface area (Å²) >= 11 is 0. The van der Waals surface area contributed by atoms with E-state index in [0.717, 1.165) is 0 Å². The summed E-state index contributed by atoms with van der Waals surface area (Å²) in [6.07, 6.45) is 1.59. The number of aromatic carboxylic acids is 1. The molecule has 0 radical (unpaired) electrons. The lowest BCUT2D eigenvalue weighted by molar-refractivity contribution is -0.00902. The highest BCUT2D eigenvalue weighted by molar-refractivity contribution is 5.88. The molecule has 0 aliphatic heterocycles. The molecule has 1 rings (SSSR count). The average Bonchev–Trinajstić information content (AvgIpc) is 2.29. The van der Waals surface area contributed by atoms with Crippen molar-refractivity contribution in [3.63, 3.8) is 0 Å². The standard InChI is InChI=1S/C13H20N2O3/c1-4-18-13(2,3)9-14-8-11-10(12(16)17)6-5-7-15-11/h5-7,14H,4,8-9H2,1-3H3,(H,16,17). The second-order valence-electron chi connectivity index (χ2n) is 4.60. The van der Waals surface area contributed by atoms with Gasteiger partial charge in [-0.2, -0.15) is 0 Å². The van der Waals surface area contributed by atoms with Gasteiger partial charge in [0.1, 0.15) is 0 Å². The van der Waals surface area contributed by atoms with Crippen LogP contribution >= 0.6 is 0 Å². The van der Waals surface area contributed by atoms with Crippen LogP contribution in [0.1, 0.15) is 36.8 Å². The third kappa shape index (κ3) is 4.43. The quantitative estimate of drug-likeness (QED) is 0.772. The van der Waals surface area contributed by atoms with E-state index in [4.69, 9.17) is 9.84 Å². The van der Waals surface area contributed by atoms with Gasteiger partial charge in [-0.25, -0.2) is 4.79 Å². The van der Waals surface area contributed by atoms with Gasteiger partial charge in [0.2, 0.25) is 0 Å². The second-order valence-corrected chi connectivity index (χ2v) is 4.60. The predicted octanol–water partition coefficient (Wildman–Crippen LogP) is 1.68. The number of carboxylic acid groups (broad SMARTS) is 1. The Balaban J connectivity index is 2.56. The maximum Gasteiger partial charge on any atom is 0.337 e. The molecule has 0 amide bonds. The van der Waals surface area contributed by atoms with E-state index in [9.17, 15) is 4.79 Å². The molecular formula is C13H20N2O3. The summed E-state index contributed by atoms with van der Waals surface area (Å²) in [5.74, 6) is -0.955. The lowest BCUT2D eigenvalue weighted by Gasteiger charge is -2.25. The van der Waals surface area contributed by atoms with Gasteiger partial charge in [0.05, 0.1) is 16.9 Å². The molecule has 18 heavy (non-hydrogen) atoms. The molecule has 0 unspecified atom stereocenters. The fourth-order valence-corrected chi connectivity index (χ4v) is 1.70. The van der Waals surface area contributed by atoms with Gasteiger partial charge < -0.3 is 15.2 Å². The molecule has 5 nitrogen and oxygen atoms in total. The zero-order chi connectivity index (χ0) is 13.6. The van der Waals surface area contributed by atoms with Crippen molar-refractivity contribution in [3.05, 3.63) is 29.6 Å². The van der Waals surface area contributed by atoms with Crippen molar-refractivity contribution >= 4 is 5.97 Å². The van der Waals surface area contributed by atoms with Crippen molar-refractivity contribution in [1.82, 2.24) is 10.3 Å². The maximum atomic E-state index is 11.0. The molecule has 0 saturated carbocycles. The number of aromatic nitrogens is 1. The summed E-state index contributed by atoms with van der Waals surface area (Å²) in [4.78, 5) is 15.1. The predicted molar refractivity (Wildman–Crippen MR) is 68.6 cm³/mol. The van der Waals surface area contributed by atoms with Crippen LogP contribution in [0.4, 0.5) is 0 Å². The normalized spacial score (nSPS) is 11.5. The van der Waals surface area contributed by atoms with Crippen molar-refractivity contribution in [2.45, 2.75) is 32.9 Å². The van der Waals surface area contributed by atoms with Crippen molar-refractivity contribution in [2.75, 3.05) is 13.2 Å². The Morgan fingerprint density at radius 2 is 2.28 bits per heavy atom. The van der Waals surface area contributed by atoms with Crippen LogP contribution in [0.5, 0.6) is 0 Å². The first kappa shape index (κ1) is 14.6. The summed E-state index contributed by atoms with van der Waals surface area (Å²) in [7, 11) is 0. The number of rotatable bonds is 7. The van der Waals surface area contributed by atoms with Crippen molar-refractivity contribution in [3.8, 4) is 0 Å². The Bertz CT molecular complexity index is 405. The zero-order valence-corrected chi connectivity index (χ0v) is 11.1. The lowest BCUT2D eigenvalue weighted by Crippen LogP contribution is -2.37. The molecule has 0 bridgehead atoms. The van der Waals surface area contributed by atoms with Crippen LogP contribution in [-0.2, 0) is 11.3 Å². The van der Waals surface area contributed by atoms with Gasteiger partial charge in [-0.15, -0.1) is 0 Å². The first-order valence-electron chi connectivity index (χ1n) is 5.98.